The zero-order chi connectivity index (χ0) is 18.1. The van der Waals surface area contributed by atoms with Crippen LogP contribution in [0.4, 0.5) is 10.5 Å². The van der Waals surface area contributed by atoms with Crippen molar-refractivity contribution in [2.75, 3.05) is 19.9 Å². The highest BCUT2D eigenvalue weighted by atomic mass is 35.5. The zero-order valence-corrected chi connectivity index (χ0v) is 16.3. The number of methoxy groups -OCH3 is 1. The van der Waals surface area contributed by atoms with Gasteiger partial charge in [-0.25, -0.2) is 4.79 Å². The first-order valence-corrected chi connectivity index (χ1v) is 8.73. The molecular formula is C17H24Cl2N4O3. The molecule has 144 valence electrons. The molecular weight excluding hydrogens is 379 g/mol. The number of hydrogen-bond acceptors (Lipinski definition) is 5. The largest absolute Gasteiger partial charge is 0.496 e. The van der Waals surface area contributed by atoms with Crippen LogP contribution in [0.15, 0.2) is 12.1 Å². The van der Waals surface area contributed by atoms with Gasteiger partial charge in [-0.05, 0) is 38.8 Å². The summed E-state index contributed by atoms with van der Waals surface area (Å²) in [7, 11) is 3.56. The van der Waals surface area contributed by atoms with E-state index < -0.39 is 11.9 Å². The first-order chi connectivity index (χ1) is 11.9. The summed E-state index contributed by atoms with van der Waals surface area (Å²) in [6.07, 6.45) is 4.15. The number of urea groups is 1. The molecule has 1 aromatic carbocycles. The predicted molar refractivity (Wildman–Crippen MR) is 103 cm³/mol. The summed E-state index contributed by atoms with van der Waals surface area (Å²) in [5.74, 6) is -0.309. The van der Waals surface area contributed by atoms with E-state index in [0.717, 1.165) is 12.8 Å². The minimum Gasteiger partial charge on any atom is -0.496 e. The number of carbonyl (C=O) groups is 2. The number of anilines is 1. The number of nitrogens with zero attached hydrogens (tertiary/aromatic N) is 1. The monoisotopic (exact) mass is 402 g/mol. The van der Waals surface area contributed by atoms with E-state index in [9.17, 15) is 9.59 Å². The van der Waals surface area contributed by atoms with Crippen molar-refractivity contribution >= 4 is 41.6 Å². The molecule has 2 saturated heterocycles. The molecule has 2 aliphatic rings. The highest BCUT2D eigenvalue weighted by Crippen LogP contribution is 2.34. The maximum atomic E-state index is 12.4. The van der Waals surface area contributed by atoms with Gasteiger partial charge in [0.05, 0.1) is 23.4 Å². The number of imide groups is 1. The van der Waals surface area contributed by atoms with E-state index in [2.05, 4.69) is 22.6 Å². The predicted octanol–water partition coefficient (Wildman–Crippen LogP) is 2.42. The van der Waals surface area contributed by atoms with Gasteiger partial charge in [0.2, 0.25) is 0 Å². The first-order valence-electron chi connectivity index (χ1n) is 8.35. The number of carbonyl (C=O) groups excluding carboxylic acids is 2. The van der Waals surface area contributed by atoms with Gasteiger partial charge in [-0.3, -0.25) is 10.1 Å². The summed E-state index contributed by atoms with van der Waals surface area (Å²) in [6, 6.07) is 3.46. The molecule has 2 aliphatic heterocycles. The Morgan fingerprint density at radius 2 is 1.88 bits per heavy atom. The molecule has 0 aliphatic carbocycles. The molecule has 0 saturated carbocycles. The lowest BCUT2D eigenvalue weighted by atomic mass is 9.98. The quantitative estimate of drug-likeness (QED) is 0.674. The molecule has 0 spiro atoms. The van der Waals surface area contributed by atoms with Gasteiger partial charge in [0.15, 0.2) is 0 Å². The number of benzene rings is 1. The van der Waals surface area contributed by atoms with E-state index in [1.807, 2.05) is 0 Å². The summed E-state index contributed by atoms with van der Waals surface area (Å²) < 4.78 is 5.15. The molecule has 2 heterocycles. The lowest BCUT2D eigenvalue weighted by Crippen LogP contribution is -2.51. The van der Waals surface area contributed by atoms with Crippen LogP contribution in [0.1, 0.15) is 36.0 Å². The summed E-state index contributed by atoms with van der Waals surface area (Å²) in [5, 5.41) is 5.49. The van der Waals surface area contributed by atoms with Gasteiger partial charge < -0.3 is 20.7 Å². The fourth-order valence-electron chi connectivity index (χ4n) is 3.84. The smallest absolute Gasteiger partial charge is 0.321 e. The van der Waals surface area contributed by atoms with E-state index >= 15 is 0 Å². The Morgan fingerprint density at radius 3 is 2.46 bits per heavy atom. The fraction of sp³-hybridized carbons (Fsp3) is 0.529. The van der Waals surface area contributed by atoms with Crippen molar-refractivity contribution in [3.05, 3.63) is 22.7 Å². The van der Waals surface area contributed by atoms with E-state index in [1.54, 1.807) is 0 Å². The number of ether oxygens (including phenoxy) is 1. The fourth-order valence-corrected chi connectivity index (χ4v) is 4.00. The maximum Gasteiger partial charge on any atom is 0.321 e. The van der Waals surface area contributed by atoms with Crippen molar-refractivity contribution in [2.45, 2.75) is 43.8 Å². The van der Waals surface area contributed by atoms with Gasteiger partial charge in [-0.1, -0.05) is 11.6 Å². The van der Waals surface area contributed by atoms with Crippen LogP contribution in [-0.2, 0) is 0 Å². The topological polar surface area (TPSA) is 96.7 Å². The van der Waals surface area contributed by atoms with Gasteiger partial charge in [0.1, 0.15) is 5.75 Å². The van der Waals surface area contributed by atoms with E-state index in [-0.39, 0.29) is 34.8 Å². The number of piperidine rings is 1. The van der Waals surface area contributed by atoms with Crippen molar-refractivity contribution in [3.63, 3.8) is 0 Å². The summed E-state index contributed by atoms with van der Waals surface area (Å²) in [4.78, 5) is 27.0. The second kappa shape index (κ2) is 8.33. The standard InChI is InChI=1S/C17H23ClN4O3.ClH/c1-22-10-3-4-11(22)6-9(5-10)20-17(24)21-16(23)12-7-13(18)14(19)8-15(12)25-2;/h7-11H,3-6,19H2,1-2H3,(H2,20,21,23,24);1H. The Balaban J connectivity index is 0.00000243. The molecule has 4 N–H and O–H groups in total. The molecule has 2 atom stereocenters. The third-order valence-electron chi connectivity index (χ3n) is 5.22. The number of nitrogens with two attached hydrogens (primary N) is 1. The van der Waals surface area contributed by atoms with Crippen LogP contribution in [0.25, 0.3) is 0 Å². The summed E-state index contributed by atoms with van der Waals surface area (Å²) in [6.45, 7) is 0. The second-order valence-corrected chi connectivity index (χ2v) is 7.13. The van der Waals surface area contributed by atoms with Crippen LogP contribution in [0.5, 0.6) is 5.75 Å². The molecule has 1 aromatic rings. The number of halogens is 2. The Bertz CT molecular complexity index is 687. The van der Waals surface area contributed by atoms with Crippen molar-refractivity contribution in [3.8, 4) is 5.75 Å². The minimum absolute atomic E-state index is 0. The molecule has 3 amide bonds. The Hall–Kier alpha value is -1.70. The van der Waals surface area contributed by atoms with E-state index in [1.165, 1.54) is 32.1 Å². The number of rotatable bonds is 3. The zero-order valence-electron chi connectivity index (χ0n) is 14.8. The van der Waals surface area contributed by atoms with Gasteiger partial charge in [0.25, 0.3) is 5.91 Å². The van der Waals surface area contributed by atoms with Crippen molar-refractivity contribution < 1.29 is 14.3 Å². The molecule has 0 aromatic heterocycles. The number of hydrogen-bond donors (Lipinski definition) is 3. The number of fused-ring (bicyclic) bond motifs is 2. The van der Waals surface area contributed by atoms with Gasteiger partial charge in [0, 0.05) is 24.2 Å². The van der Waals surface area contributed by atoms with Gasteiger partial charge >= 0.3 is 6.03 Å². The van der Waals surface area contributed by atoms with Gasteiger partial charge in [-0.15, -0.1) is 12.4 Å². The third-order valence-corrected chi connectivity index (χ3v) is 5.55. The van der Waals surface area contributed by atoms with Crippen molar-refractivity contribution in [1.82, 2.24) is 15.5 Å². The Kier molecular flexibility index (Phi) is 6.60. The van der Waals surface area contributed by atoms with Crippen molar-refractivity contribution in [1.29, 1.82) is 0 Å². The van der Waals surface area contributed by atoms with Crippen LogP contribution < -0.4 is 21.1 Å². The van der Waals surface area contributed by atoms with Crippen LogP contribution in [0, 0.1) is 0 Å². The highest BCUT2D eigenvalue weighted by molar-refractivity contribution is 6.33. The number of nitrogen functional groups attached to an aromatic ring is 1. The number of nitrogens with one attached hydrogen (secondary N) is 2. The molecule has 3 rings (SSSR count). The molecule has 7 nitrogen and oxygen atoms in total. The van der Waals surface area contributed by atoms with Crippen LogP contribution >= 0.6 is 24.0 Å². The average Bonchev–Trinajstić information content (AvgIpc) is 2.78. The van der Waals surface area contributed by atoms with Gasteiger partial charge in [-0.2, -0.15) is 0 Å². The summed E-state index contributed by atoms with van der Waals surface area (Å²) in [5.41, 5.74) is 6.18. The number of amides is 3. The molecule has 0 radical (unpaired) electrons. The maximum absolute atomic E-state index is 12.4. The summed E-state index contributed by atoms with van der Waals surface area (Å²) >= 11 is 5.97. The third kappa shape index (κ3) is 4.16. The average molecular weight is 403 g/mol. The van der Waals surface area contributed by atoms with E-state index in [0.29, 0.717) is 17.8 Å². The second-order valence-electron chi connectivity index (χ2n) is 6.72. The highest BCUT2D eigenvalue weighted by Gasteiger charge is 2.38. The first kappa shape index (κ1) is 20.6. The molecule has 2 unspecified atom stereocenters. The molecule has 26 heavy (non-hydrogen) atoms. The van der Waals surface area contributed by atoms with Crippen LogP contribution in [0.3, 0.4) is 0 Å². The molecule has 9 heteroatoms. The Labute approximate surface area is 164 Å². The molecule has 2 fully saturated rings. The van der Waals surface area contributed by atoms with Crippen LogP contribution in [-0.4, -0.2) is 49.1 Å². The lowest BCUT2D eigenvalue weighted by Gasteiger charge is -2.36. The molecule has 2 bridgehead atoms. The van der Waals surface area contributed by atoms with Crippen LogP contribution in [0.2, 0.25) is 5.02 Å². The SMILES string of the molecule is COc1cc(N)c(Cl)cc1C(=O)NC(=O)NC1CC2CCC(C1)N2C.Cl. The lowest BCUT2D eigenvalue weighted by molar-refractivity contribution is 0.0957. The van der Waals surface area contributed by atoms with E-state index in [4.69, 9.17) is 22.1 Å². The Morgan fingerprint density at radius 1 is 1.27 bits per heavy atom. The van der Waals surface area contributed by atoms with Crippen molar-refractivity contribution in [2.24, 2.45) is 0 Å². The normalized spacial score (nSPS) is 24.5. The minimum atomic E-state index is -0.577.